The van der Waals surface area contributed by atoms with E-state index in [0.29, 0.717) is 44.0 Å². The maximum Gasteiger partial charge on any atom is 0.261 e. The molecule has 1 saturated heterocycles. The molecule has 3 aliphatic rings. The highest BCUT2D eigenvalue weighted by Crippen LogP contribution is 2.39. The molecule has 0 aliphatic carbocycles. The molecule has 0 radical (unpaired) electrons. The minimum atomic E-state index is -0.356. The number of thiophene rings is 1. The second-order valence-corrected chi connectivity index (χ2v) is 11.5. The summed E-state index contributed by atoms with van der Waals surface area (Å²) in [6.45, 7) is 5.42. The van der Waals surface area contributed by atoms with Crippen molar-refractivity contribution in [2.45, 2.75) is 25.6 Å². The number of carbonyl (C=O) groups excluding carboxylic acids is 2. The summed E-state index contributed by atoms with van der Waals surface area (Å²) in [6.07, 6.45) is 0.656. The van der Waals surface area contributed by atoms with Crippen molar-refractivity contribution in [2.75, 3.05) is 65.0 Å². The topological polar surface area (TPSA) is 105 Å². The molecule has 13 heteroatoms. The molecule has 3 aromatic rings. The third-order valence-corrected chi connectivity index (χ3v) is 8.72. The normalized spacial score (nSPS) is 18.7. The zero-order valence-corrected chi connectivity index (χ0v) is 24.1. The lowest BCUT2D eigenvalue weighted by atomic mass is 10.00. The van der Waals surface area contributed by atoms with E-state index in [0.717, 1.165) is 54.1 Å². The van der Waals surface area contributed by atoms with Crippen LogP contribution in [-0.2, 0) is 29.0 Å². The third kappa shape index (κ3) is 5.16. The Morgan fingerprint density at radius 1 is 1.20 bits per heavy atom. The highest BCUT2D eigenvalue weighted by Gasteiger charge is 2.38. The molecule has 212 valence electrons. The van der Waals surface area contributed by atoms with Crippen LogP contribution in [-0.4, -0.2) is 96.2 Å². The number of aromatic nitrogens is 3. The number of halogens is 1. The number of morpholine rings is 1. The number of hydrogen-bond acceptors (Lipinski definition) is 9. The maximum atomic E-state index is 13.7. The Kier molecular flexibility index (Phi) is 7.67. The van der Waals surface area contributed by atoms with E-state index in [1.54, 1.807) is 25.1 Å². The number of nitrogens with one attached hydrogen (secondary N) is 1. The molecule has 3 aromatic heterocycles. The zero-order chi connectivity index (χ0) is 27.8. The van der Waals surface area contributed by atoms with E-state index in [1.807, 2.05) is 22.4 Å². The number of anilines is 1. The van der Waals surface area contributed by atoms with Gasteiger partial charge in [-0.25, -0.2) is 9.97 Å². The smallest absolute Gasteiger partial charge is 0.261 e. The van der Waals surface area contributed by atoms with Crippen LogP contribution < -0.4 is 15.0 Å². The minimum absolute atomic E-state index is 0.0677. The molecule has 6 rings (SSSR count). The fourth-order valence-electron chi connectivity index (χ4n) is 5.47. The molecule has 0 saturated carbocycles. The minimum Gasteiger partial charge on any atom is -0.481 e. The molecule has 1 atom stereocenters. The summed E-state index contributed by atoms with van der Waals surface area (Å²) in [5, 5.41) is 5.46. The molecular formula is C27H32ClN7O4S. The highest BCUT2D eigenvalue weighted by molar-refractivity contribution is 7.10. The van der Waals surface area contributed by atoms with E-state index in [4.69, 9.17) is 26.1 Å². The molecule has 11 nitrogen and oxygen atoms in total. The summed E-state index contributed by atoms with van der Waals surface area (Å²) >= 11 is 7.95. The standard InChI is InChI=1S/C27H32ClN7O4S/c1-32(2)27(37)17-13-20(40-16-17)25-24-18(30-22-14-29-6-8-34(22)24)5-7-35(25)23(36)15-39-19-3-4-21(31-26(19)28)33-9-11-38-12-10-33/h3-4,13,16,25,29H,5-12,14-15H2,1-2H3. The van der Waals surface area contributed by atoms with E-state index in [2.05, 4.69) is 19.8 Å². The van der Waals surface area contributed by atoms with Gasteiger partial charge in [0, 0.05) is 63.5 Å². The number of fused-ring (bicyclic) bond motifs is 3. The Morgan fingerprint density at radius 3 is 2.80 bits per heavy atom. The van der Waals surface area contributed by atoms with E-state index in [1.165, 1.54) is 11.3 Å². The SMILES string of the molecule is CN(C)C(=O)c1csc(C2c3c(nc4n3CCNC4)CCN2C(=O)COc2ccc(N3CCOCC3)nc2Cl)c1. The van der Waals surface area contributed by atoms with Gasteiger partial charge in [-0.05, 0) is 18.2 Å². The Bertz CT molecular complexity index is 1420. The van der Waals surface area contributed by atoms with Gasteiger partial charge in [0.1, 0.15) is 17.7 Å². The lowest BCUT2D eigenvalue weighted by Gasteiger charge is -2.36. The van der Waals surface area contributed by atoms with E-state index < -0.39 is 0 Å². The number of amides is 2. The predicted molar refractivity (Wildman–Crippen MR) is 151 cm³/mol. The first kappa shape index (κ1) is 27.0. The molecule has 1 N–H and O–H groups in total. The summed E-state index contributed by atoms with van der Waals surface area (Å²) in [6, 6.07) is 5.16. The quantitative estimate of drug-likeness (QED) is 0.439. The number of hydrogen-bond donors (Lipinski definition) is 1. The first-order valence-electron chi connectivity index (χ1n) is 13.4. The van der Waals surface area contributed by atoms with Crippen LogP contribution in [0.25, 0.3) is 0 Å². The molecule has 2 amide bonds. The van der Waals surface area contributed by atoms with Gasteiger partial charge in [-0.1, -0.05) is 11.6 Å². The second kappa shape index (κ2) is 11.4. The molecule has 0 spiro atoms. The molecule has 0 bridgehead atoms. The molecule has 0 aromatic carbocycles. The monoisotopic (exact) mass is 585 g/mol. The largest absolute Gasteiger partial charge is 0.481 e. The Hall–Kier alpha value is -3.19. The molecular weight excluding hydrogens is 554 g/mol. The average Bonchev–Trinajstić information content (AvgIpc) is 3.61. The van der Waals surface area contributed by atoms with Gasteiger partial charge in [-0.2, -0.15) is 0 Å². The van der Waals surface area contributed by atoms with Gasteiger partial charge in [-0.3, -0.25) is 9.59 Å². The van der Waals surface area contributed by atoms with Crippen LogP contribution in [0.2, 0.25) is 5.15 Å². The summed E-state index contributed by atoms with van der Waals surface area (Å²) in [7, 11) is 3.47. The maximum absolute atomic E-state index is 13.7. The van der Waals surface area contributed by atoms with Crippen LogP contribution in [0, 0.1) is 0 Å². The van der Waals surface area contributed by atoms with Gasteiger partial charge < -0.3 is 34.1 Å². The Balaban J connectivity index is 1.25. The van der Waals surface area contributed by atoms with Gasteiger partial charge in [0.15, 0.2) is 17.5 Å². The van der Waals surface area contributed by atoms with Crippen LogP contribution in [0.4, 0.5) is 5.82 Å². The first-order valence-corrected chi connectivity index (χ1v) is 14.7. The van der Waals surface area contributed by atoms with E-state index in [9.17, 15) is 9.59 Å². The molecule has 40 heavy (non-hydrogen) atoms. The van der Waals surface area contributed by atoms with Crippen LogP contribution in [0.15, 0.2) is 23.6 Å². The van der Waals surface area contributed by atoms with Crippen LogP contribution in [0.3, 0.4) is 0 Å². The Labute approximate surface area is 241 Å². The zero-order valence-electron chi connectivity index (χ0n) is 22.6. The summed E-state index contributed by atoms with van der Waals surface area (Å²) in [5.41, 5.74) is 2.64. The number of nitrogens with zero attached hydrogens (tertiary/aromatic N) is 6. The lowest BCUT2D eigenvalue weighted by molar-refractivity contribution is -0.135. The van der Waals surface area contributed by atoms with Crippen molar-refractivity contribution in [3.8, 4) is 5.75 Å². The van der Waals surface area contributed by atoms with Gasteiger partial charge >= 0.3 is 0 Å². The van der Waals surface area contributed by atoms with Gasteiger partial charge in [0.25, 0.3) is 11.8 Å². The van der Waals surface area contributed by atoms with Gasteiger partial charge in [0.05, 0.1) is 36.7 Å². The summed E-state index contributed by atoms with van der Waals surface area (Å²) in [4.78, 5) is 42.2. The van der Waals surface area contributed by atoms with Crippen LogP contribution in [0.5, 0.6) is 5.75 Å². The van der Waals surface area contributed by atoms with Crippen molar-refractivity contribution < 1.29 is 19.1 Å². The average molecular weight is 586 g/mol. The summed E-state index contributed by atoms with van der Waals surface area (Å²) in [5.74, 6) is 1.87. The molecule has 1 fully saturated rings. The van der Waals surface area contributed by atoms with Gasteiger partial charge in [-0.15, -0.1) is 11.3 Å². The van der Waals surface area contributed by atoms with Crippen molar-refractivity contribution in [1.29, 1.82) is 0 Å². The number of imidazole rings is 1. The first-order chi connectivity index (χ1) is 19.4. The number of rotatable bonds is 6. The van der Waals surface area contributed by atoms with Crippen molar-refractivity contribution in [2.24, 2.45) is 0 Å². The third-order valence-electron chi connectivity index (χ3n) is 7.47. The number of pyridine rings is 1. The van der Waals surface area contributed by atoms with Crippen molar-refractivity contribution >= 4 is 40.6 Å². The lowest BCUT2D eigenvalue weighted by Crippen LogP contribution is -2.44. The number of ether oxygens (including phenoxy) is 2. The van der Waals surface area contributed by atoms with Crippen LogP contribution >= 0.6 is 22.9 Å². The van der Waals surface area contributed by atoms with E-state index in [-0.39, 0.29) is 29.6 Å². The molecule has 3 aliphatic heterocycles. The molecule has 1 unspecified atom stereocenters. The van der Waals surface area contributed by atoms with E-state index >= 15 is 0 Å². The number of carbonyl (C=O) groups is 2. The summed E-state index contributed by atoms with van der Waals surface area (Å²) < 4.78 is 13.6. The molecule has 6 heterocycles. The Morgan fingerprint density at radius 2 is 2.02 bits per heavy atom. The predicted octanol–water partition coefficient (Wildman–Crippen LogP) is 2.19. The second-order valence-electron chi connectivity index (χ2n) is 10.2. The fourth-order valence-corrected chi connectivity index (χ4v) is 6.67. The fraction of sp³-hybridized carbons (Fsp3) is 0.481. The van der Waals surface area contributed by atoms with Crippen molar-refractivity contribution in [1.82, 2.24) is 29.7 Å². The van der Waals surface area contributed by atoms with Gasteiger partial charge in [0.2, 0.25) is 0 Å². The highest BCUT2D eigenvalue weighted by atomic mass is 35.5. The van der Waals surface area contributed by atoms with Crippen molar-refractivity contribution in [3.63, 3.8) is 0 Å². The van der Waals surface area contributed by atoms with Crippen molar-refractivity contribution in [3.05, 3.63) is 56.4 Å². The van der Waals surface area contributed by atoms with Crippen LogP contribution in [0.1, 0.15) is 38.5 Å².